The van der Waals surface area contributed by atoms with Gasteiger partial charge < -0.3 is 5.32 Å². The van der Waals surface area contributed by atoms with Gasteiger partial charge in [-0.15, -0.1) is 11.3 Å². The second kappa shape index (κ2) is 7.36. The van der Waals surface area contributed by atoms with Crippen molar-refractivity contribution in [2.45, 2.75) is 57.0 Å². The van der Waals surface area contributed by atoms with E-state index in [4.69, 9.17) is 17.3 Å². The van der Waals surface area contributed by atoms with Crippen LogP contribution in [0.4, 0.5) is 0 Å². The normalized spacial score (nSPS) is 24.9. The Morgan fingerprint density at radius 2 is 1.93 bits per heavy atom. The minimum atomic E-state index is 0.233. The smallest absolute Gasteiger partial charge is 0.190 e. The van der Waals surface area contributed by atoms with Gasteiger partial charge in [-0.05, 0) is 54.9 Å². The number of benzene rings is 1. The Morgan fingerprint density at radius 1 is 1.07 bits per heavy atom. The number of nitrogens with one attached hydrogen (secondary N) is 1. The van der Waals surface area contributed by atoms with Crippen LogP contribution in [-0.2, 0) is 6.42 Å². The van der Waals surface area contributed by atoms with E-state index in [1.807, 2.05) is 11.3 Å². The zero-order valence-corrected chi connectivity index (χ0v) is 17.1. The van der Waals surface area contributed by atoms with Crippen molar-refractivity contribution in [3.63, 3.8) is 0 Å². The molecule has 5 heteroatoms. The van der Waals surface area contributed by atoms with Crippen LogP contribution in [0.1, 0.15) is 60.6 Å². The van der Waals surface area contributed by atoms with Gasteiger partial charge in [0, 0.05) is 22.4 Å². The van der Waals surface area contributed by atoms with Crippen LogP contribution in [-0.4, -0.2) is 21.9 Å². The molecule has 1 saturated carbocycles. The van der Waals surface area contributed by atoms with Crippen molar-refractivity contribution in [2.24, 2.45) is 11.0 Å². The molecule has 27 heavy (non-hydrogen) atoms. The van der Waals surface area contributed by atoms with E-state index < -0.39 is 0 Å². The molecule has 1 aromatic carbocycles. The van der Waals surface area contributed by atoms with E-state index in [0.717, 1.165) is 18.0 Å². The molecule has 0 saturated heterocycles. The van der Waals surface area contributed by atoms with Crippen LogP contribution < -0.4 is 5.32 Å². The van der Waals surface area contributed by atoms with Gasteiger partial charge in [0.05, 0.1) is 11.8 Å². The maximum absolute atomic E-state index is 5.88. The van der Waals surface area contributed by atoms with Crippen LogP contribution in [0.15, 0.2) is 46.9 Å². The Balaban J connectivity index is 1.48. The molecule has 0 amide bonds. The molecule has 0 bridgehead atoms. The number of hydrogen-bond acceptors (Lipinski definition) is 3. The first-order valence-corrected chi connectivity index (χ1v) is 11.4. The predicted molar refractivity (Wildman–Crippen MR) is 116 cm³/mol. The third-order valence-electron chi connectivity index (χ3n) is 6.20. The lowest BCUT2D eigenvalue weighted by atomic mass is 9.79. The fourth-order valence-corrected chi connectivity index (χ4v) is 6.05. The van der Waals surface area contributed by atoms with Crippen LogP contribution in [0.25, 0.3) is 0 Å². The molecule has 1 N–H and O–H groups in total. The molecule has 1 aliphatic heterocycles. The minimum Gasteiger partial charge on any atom is -0.358 e. The number of hydrogen-bond donors (Lipinski definition) is 1. The van der Waals surface area contributed by atoms with Gasteiger partial charge in [-0.25, -0.2) is 5.01 Å². The lowest BCUT2D eigenvalue weighted by Gasteiger charge is -2.32. The van der Waals surface area contributed by atoms with Gasteiger partial charge >= 0.3 is 0 Å². The molecule has 3 aliphatic rings. The van der Waals surface area contributed by atoms with Crippen molar-refractivity contribution in [3.05, 3.63) is 57.8 Å². The second-order valence-corrected chi connectivity index (χ2v) is 9.24. The molecule has 2 heterocycles. The van der Waals surface area contributed by atoms with Crippen molar-refractivity contribution >= 4 is 34.4 Å². The van der Waals surface area contributed by atoms with E-state index in [1.165, 1.54) is 53.8 Å². The summed E-state index contributed by atoms with van der Waals surface area (Å²) in [4.78, 5) is 1.37. The zero-order chi connectivity index (χ0) is 18.2. The zero-order valence-electron chi connectivity index (χ0n) is 15.4. The van der Waals surface area contributed by atoms with Gasteiger partial charge in [0.15, 0.2) is 5.11 Å². The quantitative estimate of drug-likeness (QED) is 0.701. The summed E-state index contributed by atoms with van der Waals surface area (Å²) in [6.07, 6.45) is 8.67. The van der Waals surface area contributed by atoms with Crippen LogP contribution in [0.3, 0.4) is 0 Å². The summed E-state index contributed by atoms with van der Waals surface area (Å²) < 4.78 is 0. The molecule has 0 spiro atoms. The number of fused-ring (bicyclic) bond motifs is 3. The second-order valence-electron chi connectivity index (χ2n) is 7.88. The Labute approximate surface area is 170 Å². The molecular formula is C22H25N3S2. The van der Waals surface area contributed by atoms with Gasteiger partial charge in [-0.1, -0.05) is 49.6 Å². The molecular weight excluding hydrogens is 370 g/mol. The molecule has 2 atom stereocenters. The Hall–Kier alpha value is -1.72. The van der Waals surface area contributed by atoms with Crippen molar-refractivity contribution in [2.75, 3.05) is 0 Å². The van der Waals surface area contributed by atoms with Crippen LogP contribution in [0.2, 0.25) is 0 Å². The summed E-state index contributed by atoms with van der Waals surface area (Å²) in [5.74, 6) is 0.421. The monoisotopic (exact) mass is 395 g/mol. The van der Waals surface area contributed by atoms with Gasteiger partial charge in [-0.3, -0.25) is 0 Å². The molecule has 2 aliphatic carbocycles. The number of aryl methyl sites for hydroxylation is 1. The largest absolute Gasteiger partial charge is 0.358 e. The van der Waals surface area contributed by atoms with Crippen LogP contribution in [0.5, 0.6) is 0 Å². The highest BCUT2D eigenvalue weighted by atomic mass is 32.1. The summed E-state index contributed by atoms with van der Waals surface area (Å²) in [7, 11) is 0. The summed E-state index contributed by atoms with van der Waals surface area (Å²) in [5.41, 5.74) is 3.96. The number of nitrogens with zero attached hydrogens (tertiary/aromatic N) is 2. The van der Waals surface area contributed by atoms with Gasteiger partial charge in [0.1, 0.15) is 0 Å². The van der Waals surface area contributed by atoms with Gasteiger partial charge in [-0.2, -0.15) is 5.10 Å². The average Bonchev–Trinajstić information content (AvgIpc) is 3.36. The highest BCUT2D eigenvalue weighted by Gasteiger charge is 2.43. The van der Waals surface area contributed by atoms with E-state index in [9.17, 15) is 0 Å². The SMILES string of the molecule is S=C(NC1CCCCC1)N1N=C2c3ccccc3CC[C@@H]2[C@@H]1c1cccs1. The summed E-state index contributed by atoms with van der Waals surface area (Å²) >= 11 is 7.70. The fourth-order valence-electron chi connectivity index (χ4n) is 4.86. The van der Waals surface area contributed by atoms with Crippen molar-refractivity contribution in [1.29, 1.82) is 0 Å². The number of rotatable bonds is 2. The van der Waals surface area contributed by atoms with E-state index in [2.05, 4.69) is 52.1 Å². The third kappa shape index (κ3) is 3.21. The van der Waals surface area contributed by atoms with E-state index in [1.54, 1.807) is 0 Å². The molecule has 2 aromatic rings. The molecule has 5 rings (SSSR count). The average molecular weight is 396 g/mol. The molecule has 0 radical (unpaired) electrons. The number of thiophene rings is 1. The Kier molecular flexibility index (Phi) is 4.74. The first-order chi connectivity index (χ1) is 13.3. The molecule has 140 valence electrons. The Bertz CT molecular complexity index is 852. The van der Waals surface area contributed by atoms with E-state index in [0.29, 0.717) is 12.0 Å². The number of hydrazone groups is 1. The van der Waals surface area contributed by atoms with E-state index >= 15 is 0 Å². The first kappa shape index (κ1) is 17.4. The maximum atomic E-state index is 5.88. The lowest BCUT2D eigenvalue weighted by Crippen LogP contribution is -2.44. The predicted octanol–water partition coefficient (Wildman–Crippen LogP) is 5.28. The third-order valence-corrected chi connectivity index (χ3v) is 7.45. The van der Waals surface area contributed by atoms with Crippen molar-refractivity contribution in [1.82, 2.24) is 10.3 Å². The first-order valence-electron chi connectivity index (χ1n) is 10.1. The van der Waals surface area contributed by atoms with Crippen LogP contribution in [0, 0.1) is 5.92 Å². The molecule has 3 nitrogen and oxygen atoms in total. The highest BCUT2D eigenvalue weighted by Crippen LogP contribution is 2.44. The Morgan fingerprint density at radius 3 is 2.74 bits per heavy atom. The summed E-state index contributed by atoms with van der Waals surface area (Å²) in [6, 6.07) is 13.9. The topological polar surface area (TPSA) is 27.6 Å². The van der Waals surface area contributed by atoms with E-state index in [-0.39, 0.29) is 6.04 Å². The van der Waals surface area contributed by atoms with Crippen molar-refractivity contribution in [3.8, 4) is 0 Å². The summed E-state index contributed by atoms with van der Waals surface area (Å²) in [6.45, 7) is 0. The molecule has 1 fully saturated rings. The lowest BCUT2D eigenvalue weighted by molar-refractivity contribution is 0.298. The standard InChI is InChI=1S/C22H25N3S2/c26-22(23-16-8-2-1-3-9-16)25-21(19-11-6-14-27-19)18-13-12-15-7-4-5-10-17(15)20(18)24-25/h4-7,10-11,14,16,18,21H,1-3,8-9,12-13H2,(H,23,26)/t18-,21+/m0/s1. The number of thiocarbonyl (C=S) groups is 1. The maximum Gasteiger partial charge on any atom is 0.190 e. The van der Waals surface area contributed by atoms with Crippen LogP contribution >= 0.6 is 23.6 Å². The van der Waals surface area contributed by atoms with Crippen molar-refractivity contribution < 1.29 is 0 Å². The minimum absolute atomic E-state index is 0.233. The highest BCUT2D eigenvalue weighted by molar-refractivity contribution is 7.80. The van der Waals surface area contributed by atoms with Gasteiger partial charge in [0.25, 0.3) is 0 Å². The fraction of sp³-hybridized carbons (Fsp3) is 0.455. The van der Waals surface area contributed by atoms with Gasteiger partial charge in [0.2, 0.25) is 0 Å². The molecule has 1 aromatic heterocycles. The molecule has 0 unspecified atom stereocenters. The summed E-state index contributed by atoms with van der Waals surface area (Å²) in [5, 5.41) is 13.8.